The molecule has 0 bridgehead atoms. The third-order valence-electron chi connectivity index (χ3n) is 2.25. The quantitative estimate of drug-likeness (QED) is 0.723. The SMILES string of the molecule is O=C(Nc1cc(F)cc(Cl)c1)c1cc(Br)cc(Br)c1. The summed E-state index contributed by atoms with van der Waals surface area (Å²) in [6, 6.07) is 9.01. The van der Waals surface area contributed by atoms with E-state index in [4.69, 9.17) is 11.6 Å². The summed E-state index contributed by atoms with van der Waals surface area (Å²) in [6.07, 6.45) is 0. The standard InChI is InChI=1S/C13H7Br2ClFNO/c14-8-1-7(2-9(15)3-8)13(19)18-12-5-10(16)4-11(17)6-12/h1-6H,(H,18,19). The highest BCUT2D eigenvalue weighted by Crippen LogP contribution is 2.22. The molecule has 0 aliphatic rings. The van der Waals surface area contributed by atoms with E-state index in [1.807, 2.05) is 6.07 Å². The molecule has 0 fully saturated rings. The minimum Gasteiger partial charge on any atom is -0.322 e. The number of hydrogen-bond acceptors (Lipinski definition) is 1. The molecule has 2 rings (SSSR count). The van der Waals surface area contributed by atoms with Gasteiger partial charge in [0.25, 0.3) is 5.91 Å². The molecule has 0 spiro atoms. The van der Waals surface area contributed by atoms with E-state index in [-0.39, 0.29) is 10.9 Å². The van der Waals surface area contributed by atoms with Gasteiger partial charge in [-0.1, -0.05) is 43.5 Å². The van der Waals surface area contributed by atoms with Crippen LogP contribution in [-0.4, -0.2) is 5.91 Å². The van der Waals surface area contributed by atoms with Crippen molar-refractivity contribution in [3.8, 4) is 0 Å². The van der Waals surface area contributed by atoms with Crippen molar-refractivity contribution in [1.29, 1.82) is 0 Å². The van der Waals surface area contributed by atoms with Crippen molar-refractivity contribution in [3.05, 3.63) is 61.7 Å². The predicted octanol–water partition coefficient (Wildman–Crippen LogP) is 5.26. The summed E-state index contributed by atoms with van der Waals surface area (Å²) in [7, 11) is 0. The number of benzene rings is 2. The Bertz CT molecular complexity index is 608. The number of halogens is 4. The van der Waals surface area contributed by atoms with Gasteiger partial charge in [-0.2, -0.15) is 0 Å². The first-order chi connectivity index (χ1) is 8.94. The molecule has 19 heavy (non-hydrogen) atoms. The first-order valence-corrected chi connectivity index (χ1v) is 7.14. The van der Waals surface area contributed by atoms with Gasteiger partial charge < -0.3 is 5.32 Å². The Morgan fingerprint density at radius 3 is 2.26 bits per heavy atom. The minimum atomic E-state index is -0.502. The Morgan fingerprint density at radius 1 is 1.05 bits per heavy atom. The molecule has 0 aliphatic carbocycles. The van der Waals surface area contributed by atoms with Crippen molar-refractivity contribution in [2.75, 3.05) is 5.32 Å². The van der Waals surface area contributed by atoms with Gasteiger partial charge in [-0.15, -0.1) is 0 Å². The summed E-state index contributed by atoms with van der Waals surface area (Å²) >= 11 is 12.3. The molecule has 2 nitrogen and oxygen atoms in total. The van der Waals surface area contributed by atoms with Crippen LogP contribution in [0, 0.1) is 5.82 Å². The van der Waals surface area contributed by atoms with E-state index in [0.29, 0.717) is 11.3 Å². The lowest BCUT2D eigenvalue weighted by Crippen LogP contribution is -2.12. The Balaban J connectivity index is 2.25. The van der Waals surface area contributed by atoms with Gasteiger partial charge in [0.05, 0.1) is 0 Å². The second-order valence-corrected chi connectivity index (χ2v) is 6.04. The van der Waals surface area contributed by atoms with E-state index < -0.39 is 5.82 Å². The van der Waals surface area contributed by atoms with Crippen LogP contribution in [0.15, 0.2) is 45.3 Å². The van der Waals surface area contributed by atoms with E-state index in [1.54, 1.807) is 12.1 Å². The number of hydrogen-bond donors (Lipinski definition) is 1. The summed E-state index contributed by atoms with van der Waals surface area (Å²) in [6.45, 7) is 0. The number of amides is 1. The molecule has 2 aromatic rings. The second-order valence-electron chi connectivity index (χ2n) is 3.77. The number of anilines is 1. The molecule has 0 saturated carbocycles. The van der Waals surface area contributed by atoms with Gasteiger partial charge in [-0.25, -0.2) is 4.39 Å². The van der Waals surface area contributed by atoms with Gasteiger partial charge in [0, 0.05) is 25.2 Å². The van der Waals surface area contributed by atoms with Crippen LogP contribution in [0.1, 0.15) is 10.4 Å². The third kappa shape index (κ3) is 4.03. The molecule has 1 amide bonds. The lowest BCUT2D eigenvalue weighted by molar-refractivity contribution is 0.102. The molecule has 0 atom stereocenters. The molecule has 0 saturated heterocycles. The third-order valence-corrected chi connectivity index (χ3v) is 3.38. The Kier molecular flexibility index (Phi) is 4.60. The molecular formula is C13H7Br2ClFNO. The van der Waals surface area contributed by atoms with Crippen molar-refractivity contribution < 1.29 is 9.18 Å². The smallest absolute Gasteiger partial charge is 0.255 e. The average molecular weight is 407 g/mol. The minimum absolute atomic E-state index is 0.228. The summed E-state index contributed by atoms with van der Waals surface area (Å²) in [5.74, 6) is -0.845. The van der Waals surface area contributed by atoms with Crippen molar-refractivity contribution in [1.82, 2.24) is 0 Å². The monoisotopic (exact) mass is 405 g/mol. The number of carbonyl (C=O) groups is 1. The lowest BCUT2D eigenvalue weighted by atomic mass is 10.2. The second kappa shape index (κ2) is 6.03. The summed E-state index contributed by atoms with van der Waals surface area (Å²) < 4.78 is 14.7. The lowest BCUT2D eigenvalue weighted by Gasteiger charge is -2.07. The first kappa shape index (κ1) is 14.5. The topological polar surface area (TPSA) is 29.1 Å². The molecule has 0 heterocycles. The summed E-state index contributed by atoms with van der Waals surface area (Å²) in [4.78, 5) is 12.0. The molecular weight excluding hydrogens is 400 g/mol. The maximum Gasteiger partial charge on any atom is 0.255 e. The fraction of sp³-hybridized carbons (Fsp3) is 0. The Hall–Kier alpha value is -0.910. The molecule has 1 N–H and O–H groups in total. The fourth-order valence-corrected chi connectivity index (χ4v) is 3.03. The summed E-state index contributed by atoms with van der Waals surface area (Å²) in [5, 5.41) is 2.82. The Morgan fingerprint density at radius 2 is 1.68 bits per heavy atom. The Labute approximate surface area is 131 Å². The largest absolute Gasteiger partial charge is 0.322 e. The van der Waals surface area contributed by atoms with Crippen LogP contribution in [0.2, 0.25) is 5.02 Å². The average Bonchev–Trinajstić information content (AvgIpc) is 2.25. The van der Waals surface area contributed by atoms with Crippen molar-refractivity contribution in [3.63, 3.8) is 0 Å². The van der Waals surface area contributed by atoms with Crippen LogP contribution in [0.25, 0.3) is 0 Å². The van der Waals surface area contributed by atoms with Gasteiger partial charge in [-0.3, -0.25) is 4.79 Å². The maximum atomic E-state index is 13.2. The van der Waals surface area contributed by atoms with Gasteiger partial charge in [0.2, 0.25) is 0 Å². The van der Waals surface area contributed by atoms with E-state index >= 15 is 0 Å². The maximum absolute atomic E-state index is 13.2. The van der Waals surface area contributed by atoms with E-state index in [1.165, 1.54) is 18.2 Å². The first-order valence-electron chi connectivity index (χ1n) is 5.17. The van der Waals surface area contributed by atoms with Gasteiger partial charge in [0.15, 0.2) is 0 Å². The summed E-state index contributed by atoms with van der Waals surface area (Å²) in [5.41, 5.74) is 0.757. The van der Waals surface area contributed by atoms with E-state index in [2.05, 4.69) is 37.2 Å². The van der Waals surface area contributed by atoms with Crippen molar-refractivity contribution in [2.24, 2.45) is 0 Å². The van der Waals surface area contributed by atoms with Crippen LogP contribution in [0.5, 0.6) is 0 Å². The molecule has 98 valence electrons. The zero-order chi connectivity index (χ0) is 14.0. The van der Waals surface area contributed by atoms with Crippen LogP contribution in [0.4, 0.5) is 10.1 Å². The van der Waals surface area contributed by atoms with E-state index in [0.717, 1.165) is 8.95 Å². The van der Waals surface area contributed by atoms with Crippen molar-refractivity contribution >= 4 is 55.1 Å². The number of carbonyl (C=O) groups excluding carboxylic acids is 1. The molecule has 0 radical (unpaired) electrons. The highest BCUT2D eigenvalue weighted by Gasteiger charge is 2.09. The molecule has 6 heteroatoms. The van der Waals surface area contributed by atoms with Crippen molar-refractivity contribution in [2.45, 2.75) is 0 Å². The highest BCUT2D eigenvalue weighted by atomic mass is 79.9. The zero-order valence-corrected chi connectivity index (χ0v) is 13.3. The van der Waals surface area contributed by atoms with Gasteiger partial charge >= 0.3 is 0 Å². The van der Waals surface area contributed by atoms with E-state index in [9.17, 15) is 9.18 Å². The molecule has 2 aromatic carbocycles. The fourth-order valence-electron chi connectivity index (χ4n) is 1.51. The normalized spacial score (nSPS) is 10.3. The molecule has 0 aromatic heterocycles. The van der Waals surface area contributed by atoms with Crippen LogP contribution >= 0.6 is 43.5 Å². The van der Waals surface area contributed by atoms with Gasteiger partial charge in [0.1, 0.15) is 5.82 Å². The van der Waals surface area contributed by atoms with Crippen LogP contribution in [0.3, 0.4) is 0 Å². The van der Waals surface area contributed by atoms with Crippen LogP contribution < -0.4 is 5.32 Å². The number of rotatable bonds is 2. The zero-order valence-electron chi connectivity index (χ0n) is 9.38. The highest BCUT2D eigenvalue weighted by molar-refractivity contribution is 9.11. The molecule has 0 unspecified atom stereocenters. The number of nitrogens with one attached hydrogen (secondary N) is 1. The van der Waals surface area contributed by atoms with Gasteiger partial charge in [-0.05, 0) is 36.4 Å². The molecule has 0 aliphatic heterocycles. The predicted molar refractivity (Wildman–Crippen MR) is 81.2 cm³/mol. The van der Waals surface area contributed by atoms with Crippen LogP contribution in [-0.2, 0) is 0 Å².